The van der Waals surface area contributed by atoms with Gasteiger partial charge in [0.25, 0.3) is 5.91 Å². The van der Waals surface area contributed by atoms with E-state index >= 15 is 0 Å². The fraction of sp³-hybridized carbons (Fsp3) is 0.400. The minimum atomic E-state index is -1.06. The molecule has 0 saturated carbocycles. The van der Waals surface area contributed by atoms with Gasteiger partial charge < -0.3 is 15.1 Å². The number of carboxylic acids is 1. The number of unbranched alkanes of at least 4 members (excludes halogenated alkanes) is 1. The Morgan fingerprint density at radius 2 is 2.00 bits per heavy atom. The first-order valence-electron chi connectivity index (χ1n) is 8.78. The second kappa shape index (κ2) is 8.94. The van der Waals surface area contributed by atoms with Gasteiger partial charge in [-0.2, -0.15) is 12.6 Å². The molecule has 6 heteroatoms. The summed E-state index contributed by atoms with van der Waals surface area (Å²) in [4.78, 5) is 25.7. The summed E-state index contributed by atoms with van der Waals surface area (Å²) in [6, 6.07) is 7.91. The van der Waals surface area contributed by atoms with Crippen LogP contribution >= 0.6 is 12.6 Å². The second-order valence-electron chi connectivity index (χ2n) is 6.40. The highest BCUT2D eigenvalue weighted by molar-refractivity contribution is 7.81. The molecule has 0 aliphatic carbocycles. The van der Waals surface area contributed by atoms with Crippen molar-refractivity contribution >= 4 is 30.6 Å². The molecule has 3 atom stereocenters. The summed E-state index contributed by atoms with van der Waals surface area (Å²) >= 11 is 4.39. The van der Waals surface area contributed by atoms with E-state index in [-0.39, 0.29) is 5.25 Å². The molecule has 140 valence electrons. The zero-order valence-electron chi connectivity index (χ0n) is 15.0. The van der Waals surface area contributed by atoms with Crippen LogP contribution in [0, 0.1) is 0 Å². The van der Waals surface area contributed by atoms with E-state index in [1.807, 2.05) is 43.3 Å². The molecule has 2 N–H and O–H groups in total. The minimum absolute atomic E-state index is 0.342. The summed E-state index contributed by atoms with van der Waals surface area (Å²) in [6.45, 7) is 3.73. The Kier molecular flexibility index (Phi) is 6.91. The molecular weight excluding hydrogens is 350 g/mol. The molecule has 1 aliphatic heterocycles. The fourth-order valence-electron chi connectivity index (χ4n) is 3.18. The SMILES string of the molecule is CCCCC(C(=O)O)N1C(=O)C(O)=C(C(C)S)C1C=Cc1ccccc1. The minimum Gasteiger partial charge on any atom is -0.503 e. The molecule has 1 amide bonds. The summed E-state index contributed by atoms with van der Waals surface area (Å²) in [5, 5.41) is 19.6. The van der Waals surface area contributed by atoms with Crippen LogP contribution in [0.25, 0.3) is 6.08 Å². The van der Waals surface area contributed by atoms with Crippen LogP contribution in [0.2, 0.25) is 0 Å². The number of aliphatic carboxylic acids is 1. The van der Waals surface area contributed by atoms with Crippen LogP contribution in [0.3, 0.4) is 0 Å². The van der Waals surface area contributed by atoms with Gasteiger partial charge in [0.2, 0.25) is 0 Å². The third-order valence-electron chi connectivity index (χ3n) is 4.50. The Labute approximate surface area is 159 Å². The van der Waals surface area contributed by atoms with Crippen molar-refractivity contribution in [1.29, 1.82) is 0 Å². The summed E-state index contributed by atoms with van der Waals surface area (Å²) in [5.41, 5.74) is 1.37. The number of benzene rings is 1. The number of nitrogens with zero attached hydrogens (tertiary/aromatic N) is 1. The van der Waals surface area contributed by atoms with E-state index in [0.717, 1.165) is 12.0 Å². The quantitative estimate of drug-likeness (QED) is 0.606. The summed E-state index contributed by atoms with van der Waals surface area (Å²) in [6.07, 6.45) is 5.45. The first-order chi connectivity index (χ1) is 12.4. The van der Waals surface area contributed by atoms with Crippen molar-refractivity contribution < 1.29 is 19.8 Å². The molecule has 0 fully saturated rings. The van der Waals surface area contributed by atoms with Crippen molar-refractivity contribution in [2.75, 3.05) is 0 Å². The topological polar surface area (TPSA) is 77.8 Å². The number of carboxylic acid groups (broad SMARTS) is 1. The Balaban J connectivity index is 2.42. The molecule has 1 heterocycles. The number of aliphatic hydroxyl groups excluding tert-OH is 1. The second-order valence-corrected chi connectivity index (χ2v) is 7.18. The standard InChI is InChI=1S/C20H25NO4S/c1-3-4-10-16(20(24)25)21-15(12-11-14-8-6-5-7-9-14)17(13(2)26)18(22)19(21)23/h5-9,11-13,15-16,22,26H,3-4,10H2,1-2H3,(H,24,25). The van der Waals surface area contributed by atoms with Gasteiger partial charge in [0.1, 0.15) is 6.04 Å². The predicted octanol–water partition coefficient (Wildman–Crippen LogP) is 3.68. The lowest BCUT2D eigenvalue weighted by molar-refractivity contribution is -0.149. The number of carbonyl (C=O) groups is 2. The molecule has 1 aliphatic rings. The number of rotatable bonds is 8. The van der Waals surface area contributed by atoms with Crippen LogP contribution < -0.4 is 0 Å². The van der Waals surface area contributed by atoms with E-state index in [1.54, 1.807) is 13.0 Å². The third-order valence-corrected chi connectivity index (χ3v) is 4.78. The van der Waals surface area contributed by atoms with Gasteiger partial charge in [0, 0.05) is 10.8 Å². The Bertz CT molecular complexity index is 712. The number of carbonyl (C=O) groups excluding carboxylic acids is 1. The van der Waals surface area contributed by atoms with Gasteiger partial charge in [-0.25, -0.2) is 4.79 Å². The molecular formula is C20H25NO4S. The summed E-state index contributed by atoms with van der Waals surface area (Å²) < 4.78 is 0. The van der Waals surface area contributed by atoms with Crippen molar-refractivity contribution in [3.05, 3.63) is 53.3 Å². The maximum atomic E-state index is 12.6. The van der Waals surface area contributed by atoms with Crippen molar-refractivity contribution in [2.24, 2.45) is 0 Å². The summed E-state index contributed by atoms with van der Waals surface area (Å²) in [5.74, 6) is -2.10. The summed E-state index contributed by atoms with van der Waals surface area (Å²) in [7, 11) is 0. The van der Waals surface area contributed by atoms with Crippen molar-refractivity contribution in [2.45, 2.75) is 50.4 Å². The van der Waals surface area contributed by atoms with Crippen LogP contribution in [-0.2, 0) is 9.59 Å². The first-order valence-corrected chi connectivity index (χ1v) is 9.29. The lowest BCUT2D eigenvalue weighted by Crippen LogP contribution is -2.47. The molecule has 3 unspecified atom stereocenters. The van der Waals surface area contributed by atoms with Gasteiger partial charge in [0.15, 0.2) is 5.76 Å². The zero-order chi connectivity index (χ0) is 19.3. The molecule has 2 rings (SSSR count). The Morgan fingerprint density at radius 1 is 1.35 bits per heavy atom. The van der Waals surface area contributed by atoms with Crippen LogP contribution in [0.4, 0.5) is 0 Å². The zero-order valence-corrected chi connectivity index (χ0v) is 15.9. The van der Waals surface area contributed by atoms with E-state index in [1.165, 1.54) is 4.90 Å². The molecule has 0 aromatic heterocycles. The molecule has 0 radical (unpaired) electrons. The normalized spacial score (nSPS) is 20.0. The average Bonchev–Trinajstić information content (AvgIpc) is 2.85. The first kappa shape index (κ1) is 20.1. The van der Waals surface area contributed by atoms with Crippen LogP contribution in [0.15, 0.2) is 47.7 Å². The monoisotopic (exact) mass is 375 g/mol. The molecule has 0 bridgehead atoms. The van der Waals surface area contributed by atoms with Gasteiger partial charge >= 0.3 is 5.97 Å². The largest absolute Gasteiger partial charge is 0.503 e. The number of amides is 1. The van der Waals surface area contributed by atoms with E-state index in [2.05, 4.69) is 12.6 Å². The molecule has 26 heavy (non-hydrogen) atoms. The fourth-order valence-corrected chi connectivity index (χ4v) is 3.46. The lowest BCUT2D eigenvalue weighted by atomic mass is 10.0. The average molecular weight is 375 g/mol. The maximum absolute atomic E-state index is 12.6. The highest BCUT2D eigenvalue weighted by atomic mass is 32.1. The number of hydrogen-bond acceptors (Lipinski definition) is 4. The number of hydrogen-bond donors (Lipinski definition) is 3. The van der Waals surface area contributed by atoms with Crippen molar-refractivity contribution in [3.8, 4) is 0 Å². The van der Waals surface area contributed by atoms with E-state index in [9.17, 15) is 19.8 Å². The van der Waals surface area contributed by atoms with Gasteiger partial charge in [-0.05, 0) is 18.9 Å². The van der Waals surface area contributed by atoms with E-state index in [0.29, 0.717) is 18.4 Å². The van der Waals surface area contributed by atoms with Gasteiger partial charge in [-0.15, -0.1) is 0 Å². The Hall–Kier alpha value is -2.21. The van der Waals surface area contributed by atoms with Gasteiger partial charge in [-0.3, -0.25) is 4.79 Å². The molecule has 0 saturated heterocycles. The van der Waals surface area contributed by atoms with Gasteiger partial charge in [-0.1, -0.05) is 62.2 Å². The molecule has 0 spiro atoms. The predicted molar refractivity (Wildman–Crippen MR) is 105 cm³/mol. The van der Waals surface area contributed by atoms with E-state index in [4.69, 9.17) is 0 Å². The molecule has 1 aromatic rings. The Morgan fingerprint density at radius 3 is 2.54 bits per heavy atom. The lowest BCUT2D eigenvalue weighted by Gasteiger charge is -2.31. The van der Waals surface area contributed by atoms with Gasteiger partial charge in [0.05, 0.1) is 6.04 Å². The van der Waals surface area contributed by atoms with Crippen LogP contribution in [0.1, 0.15) is 38.7 Å². The smallest absolute Gasteiger partial charge is 0.326 e. The number of thiol groups is 1. The number of aliphatic hydroxyl groups is 1. The molecule has 1 aromatic carbocycles. The van der Waals surface area contributed by atoms with Crippen molar-refractivity contribution in [1.82, 2.24) is 4.90 Å². The van der Waals surface area contributed by atoms with E-state index < -0.39 is 29.7 Å². The van der Waals surface area contributed by atoms with Crippen LogP contribution in [-0.4, -0.2) is 44.3 Å². The van der Waals surface area contributed by atoms with Crippen molar-refractivity contribution in [3.63, 3.8) is 0 Å². The maximum Gasteiger partial charge on any atom is 0.326 e. The highest BCUT2D eigenvalue weighted by Gasteiger charge is 2.45. The third kappa shape index (κ3) is 4.30. The molecule has 5 nitrogen and oxygen atoms in total. The van der Waals surface area contributed by atoms with Crippen LogP contribution in [0.5, 0.6) is 0 Å². The highest BCUT2D eigenvalue weighted by Crippen LogP contribution is 2.33.